The SMILES string of the molecule is NC(Cc1cccc(F)c1)c1ccc2nccnc2c1. The highest BCUT2D eigenvalue weighted by Crippen LogP contribution is 2.19. The molecule has 0 bridgehead atoms. The highest BCUT2D eigenvalue weighted by Gasteiger charge is 2.09. The quantitative estimate of drug-likeness (QED) is 0.793. The van der Waals surface area contributed by atoms with E-state index in [1.165, 1.54) is 12.1 Å². The molecule has 0 radical (unpaired) electrons. The third-order valence-corrected chi connectivity index (χ3v) is 3.27. The van der Waals surface area contributed by atoms with Crippen LogP contribution < -0.4 is 5.73 Å². The van der Waals surface area contributed by atoms with Crippen molar-refractivity contribution in [2.45, 2.75) is 12.5 Å². The van der Waals surface area contributed by atoms with E-state index in [9.17, 15) is 4.39 Å². The van der Waals surface area contributed by atoms with Crippen LogP contribution in [0, 0.1) is 5.82 Å². The maximum atomic E-state index is 13.2. The van der Waals surface area contributed by atoms with E-state index in [-0.39, 0.29) is 11.9 Å². The second-order valence-electron chi connectivity index (χ2n) is 4.75. The van der Waals surface area contributed by atoms with Crippen molar-refractivity contribution < 1.29 is 4.39 Å². The Hall–Kier alpha value is -2.33. The summed E-state index contributed by atoms with van der Waals surface area (Å²) in [7, 11) is 0. The van der Waals surface area contributed by atoms with Gasteiger partial charge in [0.1, 0.15) is 5.82 Å². The number of halogens is 1. The number of nitrogens with zero attached hydrogens (tertiary/aromatic N) is 2. The monoisotopic (exact) mass is 267 g/mol. The Kier molecular flexibility index (Phi) is 3.39. The Labute approximate surface area is 116 Å². The summed E-state index contributed by atoms with van der Waals surface area (Å²) < 4.78 is 13.2. The van der Waals surface area contributed by atoms with Gasteiger partial charge in [0.2, 0.25) is 0 Å². The molecule has 20 heavy (non-hydrogen) atoms. The van der Waals surface area contributed by atoms with Crippen LogP contribution in [0.1, 0.15) is 17.2 Å². The number of benzene rings is 2. The Morgan fingerprint density at radius 2 is 1.80 bits per heavy atom. The molecule has 0 spiro atoms. The predicted octanol–water partition coefficient (Wildman–Crippen LogP) is 3.01. The Bertz CT molecular complexity index is 742. The van der Waals surface area contributed by atoms with Gasteiger partial charge in [-0.1, -0.05) is 18.2 Å². The molecule has 0 saturated heterocycles. The van der Waals surface area contributed by atoms with Crippen molar-refractivity contribution in [1.29, 1.82) is 0 Å². The minimum atomic E-state index is -0.237. The molecular weight excluding hydrogens is 253 g/mol. The lowest BCUT2D eigenvalue weighted by Gasteiger charge is -2.12. The Morgan fingerprint density at radius 1 is 1.00 bits per heavy atom. The fourth-order valence-corrected chi connectivity index (χ4v) is 2.25. The fourth-order valence-electron chi connectivity index (χ4n) is 2.25. The van der Waals surface area contributed by atoms with E-state index in [0.29, 0.717) is 6.42 Å². The van der Waals surface area contributed by atoms with Crippen LogP contribution in [0.5, 0.6) is 0 Å². The maximum Gasteiger partial charge on any atom is 0.123 e. The molecule has 0 amide bonds. The van der Waals surface area contributed by atoms with Gasteiger partial charge in [0, 0.05) is 18.4 Å². The minimum absolute atomic E-state index is 0.191. The van der Waals surface area contributed by atoms with Gasteiger partial charge in [0.25, 0.3) is 0 Å². The van der Waals surface area contributed by atoms with E-state index < -0.39 is 0 Å². The summed E-state index contributed by atoms with van der Waals surface area (Å²) in [6.45, 7) is 0. The van der Waals surface area contributed by atoms with Crippen molar-refractivity contribution in [2.75, 3.05) is 0 Å². The lowest BCUT2D eigenvalue weighted by atomic mass is 9.99. The first-order valence-electron chi connectivity index (χ1n) is 6.43. The molecule has 4 heteroatoms. The van der Waals surface area contributed by atoms with Gasteiger partial charge < -0.3 is 5.73 Å². The predicted molar refractivity (Wildman–Crippen MR) is 76.6 cm³/mol. The summed E-state index contributed by atoms with van der Waals surface area (Å²) in [5.41, 5.74) is 9.72. The summed E-state index contributed by atoms with van der Waals surface area (Å²) in [6, 6.07) is 12.1. The maximum absolute atomic E-state index is 13.2. The molecule has 3 rings (SSSR count). The molecule has 0 saturated carbocycles. The molecule has 3 aromatic rings. The van der Waals surface area contributed by atoms with E-state index in [4.69, 9.17) is 5.73 Å². The van der Waals surface area contributed by atoms with Crippen molar-refractivity contribution in [2.24, 2.45) is 5.73 Å². The lowest BCUT2D eigenvalue weighted by molar-refractivity contribution is 0.622. The molecule has 1 heterocycles. The van der Waals surface area contributed by atoms with E-state index in [0.717, 1.165) is 22.2 Å². The number of rotatable bonds is 3. The van der Waals surface area contributed by atoms with Crippen molar-refractivity contribution in [1.82, 2.24) is 9.97 Å². The molecule has 3 nitrogen and oxygen atoms in total. The molecule has 2 aromatic carbocycles. The minimum Gasteiger partial charge on any atom is -0.324 e. The van der Waals surface area contributed by atoms with Crippen LogP contribution in [0.25, 0.3) is 11.0 Å². The number of nitrogens with two attached hydrogens (primary N) is 1. The van der Waals surface area contributed by atoms with Crippen LogP contribution in [0.15, 0.2) is 54.9 Å². The number of fused-ring (bicyclic) bond motifs is 1. The van der Waals surface area contributed by atoms with Gasteiger partial charge in [-0.15, -0.1) is 0 Å². The normalized spacial score (nSPS) is 12.5. The van der Waals surface area contributed by atoms with Crippen LogP contribution in [0.4, 0.5) is 4.39 Å². The van der Waals surface area contributed by atoms with Crippen molar-refractivity contribution in [3.63, 3.8) is 0 Å². The summed E-state index contributed by atoms with van der Waals surface area (Å²) in [5.74, 6) is -0.237. The Balaban J connectivity index is 1.86. The van der Waals surface area contributed by atoms with Crippen LogP contribution in [-0.4, -0.2) is 9.97 Å². The van der Waals surface area contributed by atoms with Gasteiger partial charge in [0.05, 0.1) is 11.0 Å². The van der Waals surface area contributed by atoms with Crippen LogP contribution in [0.3, 0.4) is 0 Å². The van der Waals surface area contributed by atoms with Gasteiger partial charge >= 0.3 is 0 Å². The summed E-state index contributed by atoms with van der Waals surface area (Å²) in [5, 5.41) is 0. The third-order valence-electron chi connectivity index (χ3n) is 3.27. The number of hydrogen-bond donors (Lipinski definition) is 1. The zero-order chi connectivity index (χ0) is 13.9. The average molecular weight is 267 g/mol. The Morgan fingerprint density at radius 3 is 2.60 bits per heavy atom. The zero-order valence-electron chi connectivity index (χ0n) is 10.8. The summed E-state index contributed by atoms with van der Waals surface area (Å²) in [6.07, 6.45) is 3.91. The van der Waals surface area contributed by atoms with Crippen molar-refractivity contribution in [3.8, 4) is 0 Å². The van der Waals surface area contributed by atoms with E-state index >= 15 is 0 Å². The van der Waals surface area contributed by atoms with Crippen LogP contribution in [0.2, 0.25) is 0 Å². The van der Waals surface area contributed by atoms with Gasteiger partial charge in [-0.05, 0) is 41.8 Å². The second-order valence-corrected chi connectivity index (χ2v) is 4.75. The number of aromatic nitrogens is 2. The average Bonchev–Trinajstić information content (AvgIpc) is 2.47. The van der Waals surface area contributed by atoms with E-state index in [1.807, 2.05) is 24.3 Å². The highest BCUT2D eigenvalue weighted by molar-refractivity contribution is 5.74. The molecule has 0 fully saturated rings. The number of hydrogen-bond acceptors (Lipinski definition) is 3. The largest absolute Gasteiger partial charge is 0.324 e. The first-order chi connectivity index (χ1) is 9.72. The van der Waals surface area contributed by atoms with E-state index in [2.05, 4.69) is 9.97 Å². The molecular formula is C16H14FN3. The van der Waals surface area contributed by atoms with Crippen molar-refractivity contribution >= 4 is 11.0 Å². The molecule has 2 N–H and O–H groups in total. The zero-order valence-corrected chi connectivity index (χ0v) is 10.8. The molecule has 0 aliphatic heterocycles. The van der Waals surface area contributed by atoms with Gasteiger partial charge in [0.15, 0.2) is 0 Å². The molecule has 1 aromatic heterocycles. The highest BCUT2D eigenvalue weighted by atomic mass is 19.1. The van der Waals surface area contributed by atoms with Gasteiger partial charge in [-0.2, -0.15) is 0 Å². The van der Waals surface area contributed by atoms with Gasteiger partial charge in [-0.25, -0.2) is 4.39 Å². The first-order valence-corrected chi connectivity index (χ1v) is 6.43. The van der Waals surface area contributed by atoms with E-state index in [1.54, 1.807) is 18.5 Å². The van der Waals surface area contributed by atoms with Crippen molar-refractivity contribution in [3.05, 3.63) is 71.8 Å². The molecule has 1 unspecified atom stereocenters. The lowest BCUT2D eigenvalue weighted by Crippen LogP contribution is -2.13. The molecule has 0 aliphatic carbocycles. The third kappa shape index (κ3) is 2.65. The summed E-state index contributed by atoms with van der Waals surface area (Å²) >= 11 is 0. The fraction of sp³-hybridized carbons (Fsp3) is 0.125. The summed E-state index contributed by atoms with van der Waals surface area (Å²) in [4.78, 5) is 8.49. The first kappa shape index (κ1) is 12.7. The smallest absolute Gasteiger partial charge is 0.123 e. The molecule has 1 atom stereocenters. The molecule has 0 aliphatic rings. The molecule has 100 valence electrons. The van der Waals surface area contributed by atoms with Gasteiger partial charge in [-0.3, -0.25) is 9.97 Å². The van der Waals surface area contributed by atoms with Crippen LogP contribution in [-0.2, 0) is 6.42 Å². The second kappa shape index (κ2) is 5.35. The topological polar surface area (TPSA) is 51.8 Å². The van der Waals surface area contributed by atoms with Crippen LogP contribution >= 0.6 is 0 Å². The standard InChI is InChI=1S/C16H14FN3/c17-13-3-1-2-11(8-13)9-14(18)12-4-5-15-16(10-12)20-7-6-19-15/h1-8,10,14H,9,18H2.